The molecule has 100 valence electrons. The van der Waals surface area contributed by atoms with E-state index < -0.39 is 0 Å². The van der Waals surface area contributed by atoms with Gasteiger partial charge in [-0.1, -0.05) is 28.1 Å². The first-order chi connectivity index (χ1) is 9.16. The largest absolute Gasteiger partial charge is 0.330 e. The van der Waals surface area contributed by atoms with Gasteiger partial charge in [0.2, 0.25) is 0 Å². The van der Waals surface area contributed by atoms with E-state index in [2.05, 4.69) is 68.7 Å². The molecular formula is C15H18BrN3. The van der Waals surface area contributed by atoms with E-state index in [1.165, 1.54) is 36.5 Å². The minimum absolute atomic E-state index is 0.467. The van der Waals surface area contributed by atoms with Gasteiger partial charge in [-0.05, 0) is 44.1 Å². The zero-order valence-corrected chi connectivity index (χ0v) is 12.9. The van der Waals surface area contributed by atoms with E-state index in [4.69, 9.17) is 0 Å². The van der Waals surface area contributed by atoms with Gasteiger partial charge in [0.15, 0.2) is 0 Å². The number of rotatable bonds is 2. The Balaban J connectivity index is 1.96. The molecular weight excluding hydrogens is 302 g/mol. The van der Waals surface area contributed by atoms with Crippen molar-refractivity contribution in [3.8, 4) is 11.3 Å². The number of halogens is 1. The zero-order valence-electron chi connectivity index (χ0n) is 11.3. The maximum atomic E-state index is 4.66. The molecule has 2 aromatic rings. The number of nitrogens with zero attached hydrogens (tertiary/aromatic N) is 3. The normalized spacial score (nSPS) is 20.1. The third-order valence-corrected chi connectivity index (χ3v) is 4.51. The van der Waals surface area contributed by atoms with Crippen LogP contribution in [0.25, 0.3) is 11.3 Å². The van der Waals surface area contributed by atoms with Crippen LogP contribution in [0.1, 0.15) is 24.7 Å². The molecule has 0 bridgehead atoms. The summed E-state index contributed by atoms with van der Waals surface area (Å²) in [7, 11) is 4.30. The second kappa shape index (κ2) is 5.10. The second-order valence-corrected chi connectivity index (χ2v) is 6.12. The van der Waals surface area contributed by atoms with Crippen LogP contribution in [0.3, 0.4) is 0 Å². The molecule has 1 saturated heterocycles. The molecule has 1 atom stereocenters. The molecule has 0 radical (unpaired) electrons. The number of likely N-dealkylation sites (tertiary alicyclic amines) is 1. The van der Waals surface area contributed by atoms with Gasteiger partial charge in [-0.15, -0.1) is 0 Å². The number of imidazole rings is 1. The van der Waals surface area contributed by atoms with Gasteiger partial charge in [0.25, 0.3) is 0 Å². The first kappa shape index (κ1) is 12.9. The molecule has 19 heavy (non-hydrogen) atoms. The summed E-state index contributed by atoms with van der Waals surface area (Å²) in [5, 5.41) is 0. The molecule has 0 spiro atoms. The monoisotopic (exact) mass is 319 g/mol. The van der Waals surface area contributed by atoms with Crippen molar-refractivity contribution in [2.45, 2.75) is 18.9 Å². The molecule has 1 unspecified atom stereocenters. The highest BCUT2D eigenvalue weighted by atomic mass is 79.9. The Bertz CT molecular complexity index is 574. The lowest BCUT2D eigenvalue weighted by atomic mass is 10.1. The van der Waals surface area contributed by atoms with Crippen LogP contribution in [-0.2, 0) is 7.05 Å². The van der Waals surface area contributed by atoms with Crippen LogP contribution in [0.2, 0.25) is 0 Å². The molecule has 3 nitrogen and oxygen atoms in total. The van der Waals surface area contributed by atoms with Crippen LogP contribution in [-0.4, -0.2) is 28.0 Å². The second-order valence-electron chi connectivity index (χ2n) is 5.21. The lowest BCUT2D eigenvalue weighted by Gasteiger charge is -2.19. The Morgan fingerprint density at radius 1 is 1.21 bits per heavy atom. The molecule has 2 heterocycles. The maximum absolute atomic E-state index is 4.66. The summed E-state index contributed by atoms with van der Waals surface area (Å²) in [4.78, 5) is 7.05. The van der Waals surface area contributed by atoms with Gasteiger partial charge in [-0.25, -0.2) is 4.98 Å². The van der Waals surface area contributed by atoms with Crippen molar-refractivity contribution in [3.05, 3.63) is 40.8 Å². The van der Waals surface area contributed by atoms with E-state index >= 15 is 0 Å². The first-order valence-electron chi connectivity index (χ1n) is 6.64. The highest BCUT2D eigenvalue weighted by molar-refractivity contribution is 9.10. The molecule has 0 N–H and O–H groups in total. The SMILES string of the molecule is CN1CCCC1c1ncc(-c2ccc(Br)cc2)n1C. The van der Waals surface area contributed by atoms with Gasteiger partial charge in [-0.3, -0.25) is 4.90 Å². The molecule has 1 aliphatic heterocycles. The lowest BCUT2D eigenvalue weighted by Crippen LogP contribution is -2.20. The fraction of sp³-hybridized carbons (Fsp3) is 0.400. The van der Waals surface area contributed by atoms with Crippen LogP contribution < -0.4 is 0 Å². The average molecular weight is 320 g/mol. The summed E-state index contributed by atoms with van der Waals surface area (Å²) in [5.41, 5.74) is 2.40. The van der Waals surface area contributed by atoms with Crippen molar-refractivity contribution in [2.24, 2.45) is 7.05 Å². The van der Waals surface area contributed by atoms with E-state index in [1.807, 2.05) is 6.20 Å². The van der Waals surface area contributed by atoms with Crippen molar-refractivity contribution in [2.75, 3.05) is 13.6 Å². The Morgan fingerprint density at radius 3 is 2.58 bits per heavy atom. The van der Waals surface area contributed by atoms with Gasteiger partial charge >= 0.3 is 0 Å². The third-order valence-electron chi connectivity index (χ3n) is 3.98. The highest BCUT2D eigenvalue weighted by Crippen LogP contribution is 2.31. The quantitative estimate of drug-likeness (QED) is 0.843. The molecule has 3 rings (SSSR count). The van der Waals surface area contributed by atoms with E-state index in [-0.39, 0.29) is 0 Å². The van der Waals surface area contributed by atoms with Crippen LogP contribution in [0, 0.1) is 0 Å². The molecule has 1 fully saturated rings. The Hall–Kier alpha value is -1.13. The summed E-state index contributed by atoms with van der Waals surface area (Å²) < 4.78 is 3.34. The topological polar surface area (TPSA) is 21.1 Å². The van der Waals surface area contributed by atoms with Crippen LogP contribution >= 0.6 is 15.9 Å². The van der Waals surface area contributed by atoms with Gasteiger partial charge in [0.1, 0.15) is 5.82 Å². The molecule has 1 aromatic heterocycles. The number of benzene rings is 1. The van der Waals surface area contributed by atoms with Gasteiger partial charge in [0, 0.05) is 11.5 Å². The summed E-state index contributed by atoms with van der Waals surface area (Å²) in [6.07, 6.45) is 4.47. The van der Waals surface area contributed by atoms with Crippen LogP contribution in [0.5, 0.6) is 0 Å². The van der Waals surface area contributed by atoms with E-state index in [1.54, 1.807) is 0 Å². The van der Waals surface area contributed by atoms with Crippen molar-refractivity contribution in [3.63, 3.8) is 0 Å². The molecule has 1 aromatic carbocycles. The molecule has 0 saturated carbocycles. The van der Waals surface area contributed by atoms with Crippen molar-refractivity contribution >= 4 is 15.9 Å². The third kappa shape index (κ3) is 2.35. The van der Waals surface area contributed by atoms with E-state index in [0.717, 1.165) is 4.47 Å². The van der Waals surface area contributed by atoms with Gasteiger partial charge in [-0.2, -0.15) is 0 Å². The smallest absolute Gasteiger partial charge is 0.126 e. The Morgan fingerprint density at radius 2 is 1.95 bits per heavy atom. The van der Waals surface area contributed by atoms with E-state index in [0.29, 0.717) is 6.04 Å². The fourth-order valence-electron chi connectivity index (χ4n) is 2.86. The Kier molecular flexibility index (Phi) is 3.46. The zero-order chi connectivity index (χ0) is 13.4. The Labute approximate surface area is 122 Å². The minimum atomic E-state index is 0.467. The standard InChI is InChI=1S/C15H18BrN3/c1-18-9-3-4-13(18)15-17-10-14(19(15)2)11-5-7-12(16)8-6-11/h5-8,10,13H,3-4,9H2,1-2H3. The predicted octanol–water partition coefficient (Wildman–Crippen LogP) is 3.62. The maximum Gasteiger partial charge on any atom is 0.126 e. The average Bonchev–Trinajstić information content (AvgIpc) is 2.97. The highest BCUT2D eigenvalue weighted by Gasteiger charge is 2.26. The lowest BCUT2D eigenvalue weighted by molar-refractivity contribution is 0.301. The van der Waals surface area contributed by atoms with Gasteiger partial charge in [0.05, 0.1) is 17.9 Å². The van der Waals surface area contributed by atoms with Crippen molar-refractivity contribution in [1.82, 2.24) is 14.5 Å². The molecule has 0 aliphatic carbocycles. The minimum Gasteiger partial charge on any atom is -0.330 e. The summed E-state index contributed by atoms with van der Waals surface area (Å²) in [6, 6.07) is 8.87. The molecule has 0 amide bonds. The number of hydrogen-bond acceptors (Lipinski definition) is 2. The van der Waals surface area contributed by atoms with Crippen molar-refractivity contribution in [1.29, 1.82) is 0 Å². The van der Waals surface area contributed by atoms with Crippen LogP contribution in [0.4, 0.5) is 0 Å². The van der Waals surface area contributed by atoms with Crippen LogP contribution in [0.15, 0.2) is 34.9 Å². The fourth-order valence-corrected chi connectivity index (χ4v) is 3.12. The first-order valence-corrected chi connectivity index (χ1v) is 7.44. The summed E-state index contributed by atoms with van der Waals surface area (Å²) >= 11 is 3.47. The van der Waals surface area contributed by atoms with Gasteiger partial charge < -0.3 is 4.57 Å². The van der Waals surface area contributed by atoms with Crippen molar-refractivity contribution < 1.29 is 0 Å². The summed E-state index contributed by atoms with van der Waals surface area (Å²) in [5.74, 6) is 1.18. The predicted molar refractivity (Wildman–Crippen MR) is 80.9 cm³/mol. The number of aromatic nitrogens is 2. The summed E-state index contributed by atoms with van der Waals surface area (Å²) in [6.45, 7) is 1.17. The molecule has 1 aliphatic rings. The van der Waals surface area contributed by atoms with E-state index in [9.17, 15) is 0 Å². The molecule has 4 heteroatoms. The number of hydrogen-bond donors (Lipinski definition) is 0.